The molecular formula is C18H18F2N2O4. The molecule has 0 aliphatic rings. The number of hydrogen-bond donors (Lipinski definition) is 2. The van der Waals surface area contributed by atoms with Gasteiger partial charge < -0.3 is 9.47 Å². The lowest BCUT2D eigenvalue weighted by Crippen LogP contribution is -2.45. The van der Waals surface area contributed by atoms with Crippen molar-refractivity contribution in [3.8, 4) is 11.5 Å². The van der Waals surface area contributed by atoms with E-state index >= 15 is 0 Å². The van der Waals surface area contributed by atoms with Crippen molar-refractivity contribution in [1.82, 2.24) is 10.9 Å². The van der Waals surface area contributed by atoms with Gasteiger partial charge in [-0.1, -0.05) is 6.07 Å². The fourth-order valence-corrected chi connectivity index (χ4v) is 2.11. The van der Waals surface area contributed by atoms with Crippen molar-refractivity contribution in [1.29, 1.82) is 0 Å². The SMILES string of the molecule is Cc1cc(C)cc(OCC(=O)NNC(=O)COc2ccc(F)cc2F)c1. The monoisotopic (exact) mass is 364 g/mol. The van der Waals surface area contributed by atoms with Gasteiger partial charge >= 0.3 is 0 Å². The molecule has 8 heteroatoms. The molecule has 138 valence electrons. The molecule has 0 aromatic heterocycles. The van der Waals surface area contributed by atoms with Crippen LogP contribution >= 0.6 is 0 Å². The molecule has 0 saturated heterocycles. The summed E-state index contributed by atoms with van der Waals surface area (Å²) in [6, 6.07) is 8.24. The largest absolute Gasteiger partial charge is 0.484 e. The summed E-state index contributed by atoms with van der Waals surface area (Å²) in [5.41, 5.74) is 6.25. The van der Waals surface area contributed by atoms with E-state index in [2.05, 4.69) is 10.9 Å². The van der Waals surface area contributed by atoms with Crippen LogP contribution in [-0.2, 0) is 9.59 Å². The highest BCUT2D eigenvalue weighted by Crippen LogP contribution is 2.17. The van der Waals surface area contributed by atoms with Gasteiger partial charge in [-0.15, -0.1) is 0 Å². The van der Waals surface area contributed by atoms with Crippen LogP contribution in [0.25, 0.3) is 0 Å². The van der Waals surface area contributed by atoms with Gasteiger partial charge in [-0.05, 0) is 49.2 Å². The smallest absolute Gasteiger partial charge is 0.276 e. The molecule has 0 saturated carbocycles. The molecular weight excluding hydrogens is 346 g/mol. The molecule has 6 nitrogen and oxygen atoms in total. The molecule has 0 spiro atoms. The molecule has 2 N–H and O–H groups in total. The first-order valence-electron chi connectivity index (χ1n) is 7.70. The first-order valence-corrected chi connectivity index (χ1v) is 7.70. The van der Waals surface area contributed by atoms with Crippen LogP contribution in [0, 0.1) is 25.5 Å². The number of aryl methyl sites for hydroxylation is 2. The number of hydrogen-bond acceptors (Lipinski definition) is 4. The van der Waals surface area contributed by atoms with E-state index in [9.17, 15) is 18.4 Å². The molecule has 2 aromatic carbocycles. The van der Waals surface area contributed by atoms with Crippen LogP contribution in [0.5, 0.6) is 11.5 Å². The van der Waals surface area contributed by atoms with Gasteiger partial charge in [0.1, 0.15) is 11.6 Å². The van der Waals surface area contributed by atoms with Crippen molar-refractivity contribution in [2.24, 2.45) is 0 Å². The van der Waals surface area contributed by atoms with Crippen molar-refractivity contribution < 1.29 is 27.8 Å². The maximum Gasteiger partial charge on any atom is 0.276 e. The Morgan fingerprint density at radius 1 is 0.885 bits per heavy atom. The van der Waals surface area contributed by atoms with Crippen LogP contribution in [0.3, 0.4) is 0 Å². The normalized spacial score (nSPS) is 10.2. The van der Waals surface area contributed by atoms with E-state index < -0.39 is 30.1 Å². The Kier molecular flexibility index (Phi) is 6.48. The summed E-state index contributed by atoms with van der Waals surface area (Å²) in [6.45, 7) is 2.96. The Labute approximate surface area is 149 Å². The highest BCUT2D eigenvalue weighted by atomic mass is 19.1. The minimum atomic E-state index is -0.927. The first-order chi connectivity index (χ1) is 12.3. The maximum absolute atomic E-state index is 13.4. The quantitative estimate of drug-likeness (QED) is 0.771. The second kappa shape index (κ2) is 8.80. The van der Waals surface area contributed by atoms with Gasteiger partial charge in [-0.25, -0.2) is 8.78 Å². The zero-order valence-corrected chi connectivity index (χ0v) is 14.3. The topological polar surface area (TPSA) is 76.7 Å². The lowest BCUT2D eigenvalue weighted by Gasteiger charge is -2.10. The van der Waals surface area contributed by atoms with E-state index in [1.165, 1.54) is 0 Å². The van der Waals surface area contributed by atoms with E-state index in [4.69, 9.17) is 9.47 Å². The number of carbonyl (C=O) groups is 2. The van der Waals surface area contributed by atoms with Gasteiger partial charge in [0.15, 0.2) is 24.8 Å². The Bertz CT molecular complexity index is 792. The van der Waals surface area contributed by atoms with E-state index in [1.807, 2.05) is 19.9 Å². The fourth-order valence-electron chi connectivity index (χ4n) is 2.11. The summed E-state index contributed by atoms with van der Waals surface area (Å²) >= 11 is 0. The number of carbonyl (C=O) groups excluding carboxylic acids is 2. The minimum absolute atomic E-state index is 0.272. The minimum Gasteiger partial charge on any atom is -0.484 e. The highest BCUT2D eigenvalue weighted by Gasteiger charge is 2.09. The standard InChI is InChI=1S/C18H18F2N2O4/c1-11-5-12(2)7-14(6-11)25-9-17(23)21-22-18(24)10-26-16-4-3-13(19)8-15(16)20/h3-8H,9-10H2,1-2H3,(H,21,23)(H,22,24). The molecule has 26 heavy (non-hydrogen) atoms. The first kappa shape index (κ1) is 19.2. The van der Waals surface area contributed by atoms with Gasteiger partial charge in [0, 0.05) is 6.07 Å². The second-order valence-electron chi connectivity index (χ2n) is 5.57. The molecule has 0 unspecified atom stereocenters. The highest BCUT2D eigenvalue weighted by molar-refractivity contribution is 5.83. The zero-order valence-electron chi connectivity index (χ0n) is 14.3. The number of benzene rings is 2. The summed E-state index contributed by atoms with van der Waals surface area (Å²) in [5, 5.41) is 0. The van der Waals surface area contributed by atoms with Crippen LogP contribution in [-0.4, -0.2) is 25.0 Å². The molecule has 2 amide bonds. The lowest BCUT2D eigenvalue weighted by atomic mass is 10.1. The lowest BCUT2D eigenvalue weighted by molar-refractivity contribution is -0.131. The molecule has 0 radical (unpaired) electrons. The Morgan fingerprint density at radius 2 is 1.46 bits per heavy atom. The van der Waals surface area contributed by atoms with Gasteiger partial charge in [0.2, 0.25) is 0 Å². The van der Waals surface area contributed by atoms with Gasteiger partial charge in [-0.2, -0.15) is 0 Å². The van der Waals surface area contributed by atoms with Crippen LogP contribution in [0.1, 0.15) is 11.1 Å². The third-order valence-electron chi connectivity index (χ3n) is 3.16. The summed E-state index contributed by atoms with van der Waals surface area (Å²) in [7, 11) is 0. The fraction of sp³-hybridized carbons (Fsp3) is 0.222. The van der Waals surface area contributed by atoms with Crippen LogP contribution in [0.4, 0.5) is 8.78 Å². The van der Waals surface area contributed by atoms with E-state index in [1.54, 1.807) is 12.1 Å². The molecule has 0 heterocycles. The van der Waals surface area contributed by atoms with Gasteiger partial charge in [-0.3, -0.25) is 20.4 Å². The molecule has 2 rings (SSSR count). The average Bonchev–Trinajstić information content (AvgIpc) is 2.56. The number of nitrogens with one attached hydrogen (secondary N) is 2. The van der Waals surface area contributed by atoms with Crippen molar-refractivity contribution in [3.63, 3.8) is 0 Å². The third kappa shape index (κ3) is 6.04. The number of hydrazine groups is 1. The maximum atomic E-state index is 13.4. The number of rotatable bonds is 6. The molecule has 0 bridgehead atoms. The Balaban J connectivity index is 1.72. The van der Waals surface area contributed by atoms with Crippen molar-refractivity contribution in [2.75, 3.05) is 13.2 Å². The van der Waals surface area contributed by atoms with E-state index in [0.717, 1.165) is 23.3 Å². The van der Waals surface area contributed by atoms with Crippen LogP contribution in [0.15, 0.2) is 36.4 Å². The van der Waals surface area contributed by atoms with Crippen LogP contribution in [0.2, 0.25) is 0 Å². The zero-order chi connectivity index (χ0) is 19.1. The van der Waals surface area contributed by atoms with Crippen LogP contribution < -0.4 is 20.3 Å². The van der Waals surface area contributed by atoms with Crippen molar-refractivity contribution in [2.45, 2.75) is 13.8 Å². The summed E-state index contributed by atoms with van der Waals surface area (Å²) in [4.78, 5) is 23.2. The Morgan fingerprint density at radius 3 is 2.04 bits per heavy atom. The molecule has 2 aromatic rings. The Hall–Kier alpha value is -3.16. The van der Waals surface area contributed by atoms with E-state index in [-0.39, 0.29) is 12.4 Å². The number of ether oxygens (including phenoxy) is 2. The summed E-state index contributed by atoms with van der Waals surface area (Å²) in [5.74, 6) is -2.71. The number of amides is 2. The second-order valence-corrected chi connectivity index (χ2v) is 5.57. The summed E-state index contributed by atoms with van der Waals surface area (Å²) in [6.07, 6.45) is 0. The predicted molar refractivity (Wildman–Crippen MR) is 89.5 cm³/mol. The third-order valence-corrected chi connectivity index (χ3v) is 3.16. The van der Waals surface area contributed by atoms with Crippen molar-refractivity contribution in [3.05, 3.63) is 59.2 Å². The van der Waals surface area contributed by atoms with Gasteiger partial charge in [0.05, 0.1) is 0 Å². The molecule has 0 aliphatic carbocycles. The summed E-state index contributed by atoms with van der Waals surface area (Å²) < 4.78 is 36.4. The molecule has 0 fully saturated rings. The molecule has 0 atom stereocenters. The average molecular weight is 364 g/mol. The predicted octanol–water partition coefficient (Wildman–Crippen LogP) is 2.19. The van der Waals surface area contributed by atoms with Gasteiger partial charge in [0.25, 0.3) is 11.8 Å². The van der Waals surface area contributed by atoms with Crippen molar-refractivity contribution >= 4 is 11.8 Å². The molecule has 0 aliphatic heterocycles. The van der Waals surface area contributed by atoms with E-state index in [0.29, 0.717) is 11.8 Å². The number of halogens is 2.